The van der Waals surface area contributed by atoms with Crippen molar-refractivity contribution in [3.05, 3.63) is 72.3 Å². The second-order valence-electron chi connectivity index (χ2n) is 10.1. The molecule has 0 radical (unpaired) electrons. The third-order valence-corrected chi connectivity index (χ3v) is 9.46. The first-order valence-electron chi connectivity index (χ1n) is 12.6. The molecule has 1 N–H and O–H groups in total. The highest BCUT2D eigenvalue weighted by Gasteiger charge is 2.51. The first-order valence-corrected chi connectivity index (χ1v) is 13.7. The van der Waals surface area contributed by atoms with Gasteiger partial charge in [0.25, 0.3) is 0 Å². The zero-order chi connectivity index (χ0) is 24.9. The predicted molar refractivity (Wildman–Crippen MR) is 140 cm³/mol. The Bertz CT molecular complexity index is 1330. The van der Waals surface area contributed by atoms with Gasteiger partial charge in [0.1, 0.15) is 11.0 Å². The number of anilines is 1. The largest absolute Gasteiger partial charge is 0.454 e. The molecule has 3 atom stereocenters. The van der Waals surface area contributed by atoms with E-state index in [-0.39, 0.29) is 12.7 Å². The molecule has 1 saturated carbocycles. The summed E-state index contributed by atoms with van der Waals surface area (Å²) in [5.41, 5.74) is 3.22. The van der Waals surface area contributed by atoms with E-state index in [0.29, 0.717) is 17.8 Å². The quantitative estimate of drug-likeness (QED) is 0.473. The maximum Gasteiger partial charge on any atom is 0.235 e. The summed E-state index contributed by atoms with van der Waals surface area (Å²) in [5, 5.41) is 3.13. The SMILES string of the molecule is CC1CCC(C)N1S(=O)c1ccc(-c2cccc(NC(=O)C3(c4ccc5c(c4)OCO5)CC3)c2)cc1. The van der Waals surface area contributed by atoms with Crippen molar-refractivity contribution in [3.8, 4) is 22.6 Å². The maximum atomic E-state index is 13.3. The molecule has 1 amide bonds. The van der Waals surface area contributed by atoms with Crippen LogP contribution >= 0.6 is 0 Å². The monoisotopic (exact) mass is 502 g/mol. The molecule has 1 aliphatic carbocycles. The van der Waals surface area contributed by atoms with Crippen molar-refractivity contribution in [3.63, 3.8) is 0 Å². The molecule has 7 heteroatoms. The van der Waals surface area contributed by atoms with E-state index in [2.05, 4.69) is 23.5 Å². The smallest absolute Gasteiger partial charge is 0.235 e. The Morgan fingerprint density at radius 3 is 2.36 bits per heavy atom. The van der Waals surface area contributed by atoms with Crippen LogP contribution in [0.3, 0.4) is 0 Å². The van der Waals surface area contributed by atoms with Gasteiger partial charge < -0.3 is 14.8 Å². The lowest BCUT2D eigenvalue weighted by atomic mass is 9.94. The first-order chi connectivity index (χ1) is 17.4. The average molecular weight is 503 g/mol. The van der Waals surface area contributed by atoms with Crippen LogP contribution in [0.2, 0.25) is 0 Å². The average Bonchev–Trinajstić information content (AvgIpc) is 3.46. The van der Waals surface area contributed by atoms with E-state index in [1.54, 1.807) is 0 Å². The van der Waals surface area contributed by atoms with E-state index in [0.717, 1.165) is 58.7 Å². The summed E-state index contributed by atoms with van der Waals surface area (Å²) in [6, 6.07) is 22.2. The fourth-order valence-corrected chi connectivity index (χ4v) is 6.85. The van der Waals surface area contributed by atoms with Crippen LogP contribution in [0.15, 0.2) is 71.6 Å². The van der Waals surface area contributed by atoms with Crippen LogP contribution < -0.4 is 14.8 Å². The predicted octanol–water partition coefficient (Wildman–Crippen LogP) is 5.65. The molecule has 2 aliphatic heterocycles. The number of ether oxygens (including phenoxy) is 2. The molecule has 3 unspecified atom stereocenters. The molecule has 2 fully saturated rings. The van der Waals surface area contributed by atoms with Crippen LogP contribution in [0, 0.1) is 0 Å². The molecule has 186 valence electrons. The summed E-state index contributed by atoms with van der Waals surface area (Å²) in [4.78, 5) is 14.1. The zero-order valence-electron chi connectivity index (χ0n) is 20.5. The Balaban J connectivity index is 1.18. The van der Waals surface area contributed by atoms with Crippen molar-refractivity contribution in [1.29, 1.82) is 0 Å². The number of nitrogens with zero attached hydrogens (tertiary/aromatic N) is 1. The topological polar surface area (TPSA) is 67.9 Å². The van der Waals surface area contributed by atoms with Crippen LogP contribution in [0.25, 0.3) is 11.1 Å². The summed E-state index contributed by atoms with van der Waals surface area (Å²) >= 11 is 0. The van der Waals surface area contributed by atoms with Gasteiger partial charge in [-0.05, 0) is 92.6 Å². The summed E-state index contributed by atoms with van der Waals surface area (Å²) in [6.07, 6.45) is 3.79. The fourth-order valence-electron chi connectivity index (χ4n) is 5.38. The lowest BCUT2D eigenvalue weighted by Gasteiger charge is -2.24. The van der Waals surface area contributed by atoms with Gasteiger partial charge in [-0.25, -0.2) is 8.51 Å². The molecule has 2 heterocycles. The fraction of sp³-hybridized carbons (Fsp3) is 0.345. The van der Waals surface area contributed by atoms with E-state index in [9.17, 15) is 9.00 Å². The Hall–Kier alpha value is -3.16. The number of rotatable bonds is 6. The van der Waals surface area contributed by atoms with Gasteiger partial charge in [-0.3, -0.25) is 4.79 Å². The minimum Gasteiger partial charge on any atom is -0.454 e. The summed E-state index contributed by atoms with van der Waals surface area (Å²) in [7, 11) is -1.16. The van der Waals surface area contributed by atoms with Crippen molar-refractivity contribution in [2.45, 2.75) is 61.9 Å². The number of hydrogen-bond acceptors (Lipinski definition) is 4. The van der Waals surface area contributed by atoms with E-state index in [4.69, 9.17) is 9.47 Å². The van der Waals surface area contributed by atoms with Gasteiger partial charge in [-0.1, -0.05) is 30.3 Å². The van der Waals surface area contributed by atoms with Crippen LogP contribution in [-0.2, 0) is 21.2 Å². The van der Waals surface area contributed by atoms with E-state index in [1.807, 2.05) is 66.7 Å². The van der Waals surface area contributed by atoms with Gasteiger partial charge in [-0.15, -0.1) is 0 Å². The van der Waals surface area contributed by atoms with E-state index >= 15 is 0 Å². The molecule has 3 aromatic carbocycles. The molecule has 3 aromatic rings. The third-order valence-electron chi connectivity index (χ3n) is 7.68. The van der Waals surface area contributed by atoms with Gasteiger partial charge in [0.05, 0.1) is 10.3 Å². The summed E-state index contributed by atoms with van der Waals surface area (Å²) < 4.78 is 26.2. The lowest BCUT2D eigenvalue weighted by molar-refractivity contribution is -0.118. The zero-order valence-corrected chi connectivity index (χ0v) is 21.3. The number of hydrogen-bond donors (Lipinski definition) is 1. The number of nitrogens with one attached hydrogen (secondary N) is 1. The molecular formula is C29H30N2O4S. The molecule has 6 nitrogen and oxygen atoms in total. The van der Waals surface area contributed by atoms with Crippen LogP contribution in [0.5, 0.6) is 11.5 Å². The minimum absolute atomic E-state index is 0.00175. The van der Waals surface area contributed by atoms with Gasteiger partial charge >= 0.3 is 0 Å². The number of fused-ring (bicyclic) bond motifs is 1. The molecule has 6 rings (SSSR count). The van der Waals surface area contributed by atoms with Crippen LogP contribution in [-0.4, -0.2) is 33.3 Å². The van der Waals surface area contributed by atoms with Crippen molar-refractivity contribution in [2.24, 2.45) is 0 Å². The summed E-state index contributed by atoms with van der Waals surface area (Å²) in [6.45, 7) is 4.51. The molecule has 0 spiro atoms. The highest BCUT2D eigenvalue weighted by Crippen LogP contribution is 2.51. The van der Waals surface area contributed by atoms with E-state index in [1.165, 1.54) is 0 Å². The second kappa shape index (κ2) is 9.05. The maximum absolute atomic E-state index is 13.3. The van der Waals surface area contributed by atoms with Crippen molar-refractivity contribution < 1.29 is 18.5 Å². The Morgan fingerprint density at radius 2 is 1.64 bits per heavy atom. The van der Waals surface area contributed by atoms with Crippen LogP contribution in [0.4, 0.5) is 5.69 Å². The third kappa shape index (κ3) is 4.10. The van der Waals surface area contributed by atoms with Gasteiger partial charge in [0, 0.05) is 17.8 Å². The molecule has 1 saturated heterocycles. The van der Waals surface area contributed by atoms with Crippen LogP contribution in [0.1, 0.15) is 45.1 Å². The number of benzene rings is 3. The standard InChI is InChI=1S/C29H30N2O4S/c1-19-6-7-20(2)31(19)36(33)25-11-8-21(9-12-25)22-4-3-5-24(16-22)30-28(32)29(14-15-29)23-10-13-26-27(17-23)35-18-34-26/h3-5,8-13,16-17,19-20H,6-7,14-15,18H2,1-2H3,(H,30,32). The van der Waals surface area contributed by atoms with Crippen molar-refractivity contribution >= 4 is 22.6 Å². The lowest BCUT2D eigenvalue weighted by Crippen LogP contribution is -2.34. The number of amides is 1. The van der Waals surface area contributed by atoms with E-state index < -0.39 is 16.4 Å². The number of carbonyl (C=O) groups is 1. The van der Waals surface area contributed by atoms with Crippen molar-refractivity contribution in [1.82, 2.24) is 4.31 Å². The molecular weight excluding hydrogens is 472 g/mol. The Kier molecular flexibility index (Phi) is 5.85. The first kappa shape index (κ1) is 23.3. The summed E-state index contributed by atoms with van der Waals surface area (Å²) in [5.74, 6) is 1.42. The normalized spacial score (nSPS) is 22.8. The van der Waals surface area contributed by atoms with Gasteiger partial charge in [0.2, 0.25) is 12.7 Å². The van der Waals surface area contributed by atoms with Crippen molar-refractivity contribution in [2.75, 3.05) is 12.1 Å². The minimum atomic E-state index is -1.16. The second-order valence-corrected chi connectivity index (χ2v) is 11.5. The molecule has 0 aromatic heterocycles. The highest BCUT2D eigenvalue weighted by molar-refractivity contribution is 7.82. The van der Waals surface area contributed by atoms with Gasteiger partial charge in [-0.2, -0.15) is 0 Å². The molecule has 0 bridgehead atoms. The van der Waals surface area contributed by atoms with Gasteiger partial charge in [0.15, 0.2) is 11.5 Å². The highest BCUT2D eigenvalue weighted by atomic mass is 32.2. The number of carbonyl (C=O) groups excluding carboxylic acids is 1. The Labute approximate surface area is 214 Å². The Morgan fingerprint density at radius 1 is 0.917 bits per heavy atom. The molecule has 36 heavy (non-hydrogen) atoms. The molecule has 3 aliphatic rings.